The number of pyridine rings is 1. The number of aromatic nitrogens is 3. The van der Waals surface area contributed by atoms with Gasteiger partial charge in [0.15, 0.2) is 0 Å². The van der Waals surface area contributed by atoms with E-state index in [-0.39, 0.29) is 12.0 Å². The second kappa shape index (κ2) is 4.82. The lowest BCUT2D eigenvalue weighted by Gasteiger charge is -2.28. The molecule has 0 saturated heterocycles. The fourth-order valence-corrected chi connectivity index (χ4v) is 2.66. The molecule has 2 heterocycles. The van der Waals surface area contributed by atoms with Crippen molar-refractivity contribution in [2.75, 3.05) is 0 Å². The Morgan fingerprint density at radius 1 is 1.11 bits per heavy atom. The Bertz CT molecular complexity index is 526. The van der Waals surface area contributed by atoms with Gasteiger partial charge in [0.2, 0.25) is 0 Å². The minimum Gasteiger partial charge on any atom is -0.321 e. The SMILES string of the molecule is NC(c1ncccn1)C1CCCc2cccnc21. The lowest BCUT2D eigenvalue weighted by atomic mass is 9.82. The molecule has 1 aliphatic rings. The third kappa shape index (κ3) is 1.99. The van der Waals surface area contributed by atoms with Crippen LogP contribution >= 0.6 is 0 Å². The molecule has 0 amide bonds. The molecular weight excluding hydrogens is 224 g/mol. The van der Waals surface area contributed by atoms with Crippen LogP contribution in [0.3, 0.4) is 0 Å². The molecule has 0 saturated carbocycles. The van der Waals surface area contributed by atoms with Crippen LogP contribution in [0.5, 0.6) is 0 Å². The van der Waals surface area contributed by atoms with E-state index in [1.165, 1.54) is 5.56 Å². The van der Waals surface area contributed by atoms with Crippen LogP contribution in [0, 0.1) is 0 Å². The second-order valence-corrected chi connectivity index (χ2v) is 4.68. The van der Waals surface area contributed by atoms with E-state index < -0.39 is 0 Å². The van der Waals surface area contributed by atoms with Gasteiger partial charge in [-0.15, -0.1) is 0 Å². The highest BCUT2D eigenvalue weighted by Crippen LogP contribution is 2.36. The molecule has 4 heteroatoms. The Labute approximate surface area is 106 Å². The predicted molar refractivity (Wildman–Crippen MR) is 68.9 cm³/mol. The zero-order valence-corrected chi connectivity index (χ0v) is 10.2. The molecule has 0 spiro atoms. The van der Waals surface area contributed by atoms with Gasteiger partial charge >= 0.3 is 0 Å². The third-order valence-electron chi connectivity index (χ3n) is 3.56. The molecule has 1 aliphatic carbocycles. The summed E-state index contributed by atoms with van der Waals surface area (Å²) in [6, 6.07) is 5.78. The zero-order valence-electron chi connectivity index (χ0n) is 10.2. The third-order valence-corrected chi connectivity index (χ3v) is 3.56. The molecule has 2 aromatic heterocycles. The summed E-state index contributed by atoms with van der Waals surface area (Å²) in [6.45, 7) is 0. The number of hydrogen-bond acceptors (Lipinski definition) is 4. The van der Waals surface area contributed by atoms with Crippen molar-refractivity contribution in [1.82, 2.24) is 15.0 Å². The highest BCUT2D eigenvalue weighted by molar-refractivity contribution is 5.28. The fourth-order valence-electron chi connectivity index (χ4n) is 2.66. The summed E-state index contributed by atoms with van der Waals surface area (Å²) in [7, 11) is 0. The monoisotopic (exact) mass is 240 g/mol. The highest BCUT2D eigenvalue weighted by atomic mass is 14.9. The van der Waals surface area contributed by atoms with Crippen LogP contribution in [0.25, 0.3) is 0 Å². The minimum absolute atomic E-state index is 0.167. The quantitative estimate of drug-likeness (QED) is 0.871. The molecule has 0 radical (unpaired) electrons. The van der Waals surface area contributed by atoms with Gasteiger partial charge < -0.3 is 5.73 Å². The zero-order chi connectivity index (χ0) is 12.4. The molecule has 3 rings (SSSR count). The number of aryl methyl sites for hydroxylation is 1. The van der Waals surface area contributed by atoms with Gasteiger partial charge in [-0.2, -0.15) is 0 Å². The van der Waals surface area contributed by atoms with Crippen molar-refractivity contribution in [3.05, 3.63) is 53.9 Å². The summed E-state index contributed by atoms with van der Waals surface area (Å²) in [6.07, 6.45) is 8.64. The van der Waals surface area contributed by atoms with Crippen LogP contribution in [-0.2, 0) is 6.42 Å². The van der Waals surface area contributed by atoms with E-state index in [1.807, 2.05) is 18.3 Å². The average Bonchev–Trinajstić information content (AvgIpc) is 2.47. The average molecular weight is 240 g/mol. The number of nitrogens with zero attached hydrogens (tertiary/aromatic N) is 3. The smallest absolute Gasteiger partial charge is 0.145 e. The van der Waals surface area contributed by atoms with Crippen molar-refractivity contribution in [3.8, 4) is 0 Å². The normalized spacial score (nSPS) is 20.2. The van der Waals surface area contributed by atoms with Crippen LogP contribution in [0.1, 0.15) is 41.9 Å². The molecule has 18 heavy (non-hydrogen) atoms. The Kier molecular flexibility index (Phi) is 3.02. The Hall–Kier alpha value is -1.81. The van der Waals surface area contributed by atoms with Gasteiger partial charge in [0.05, 0.1) is 6.04 Å². The van der Waals surface area contributed by atoms with Gasteiger partial charge in [-0.25, -0.2) is 9.97 Å². The molecule has 92 valence electrons. The summed E-state index contributed by atoms with van der Waals surface area (Å²) >= 11 is 0. The summed E-state index contributed by atoms with van der Waals surface area (Å²) in [5.41, 5.74) is 8.77. The van der Waals surface area contributed by atoms with Crippen molar-refractivity contribution in [2.24, 2.45) is 5.73 Å². The van der Waals surface area contributed by atoms with E-state index in [2.05, 4.69) is 21.0 Å². The maximum atomic E-state index is 6.32. The van der Waals surface area contributed by atoms with Gasteiger partial charge in [-0.3, -0.25) is 4.98 Å². The summed E-state index contributed by atoms with van der Waals surface area (Å²) in [4.78, 5) is 13.0. The lowest BCUT2D eigenvalue weighted by molar-refractivity contribution is 0.448. The van der Waals surface area contributed by atoms with Gasteiger partial charge in [0.25, 0.3) is 0 Å². The largest absolute Gasteiger partial charge is 0.321 e. The maximum absolute atomic E-state index is 6.32. The highest BCUT2D eigenvalue weighted by Gasteiger charge is 2.28. The van der Waals surface area contributed by atoms with Crippen molar-refractivity contribution in [3.63, 3.8) is 0 Å². The van der Waals surface area contributed by atoms with E-state index in [9.17, 15) is 0 Å². The van der Waals surface area contributed by atoms with Crippen molar-refractivity contribution < 1.29 is 0 Å². The Morgan fingerprint density at radius 2 is 1.89 bits per heavy atom. The maximum Gasteiger partial charge on any atom is 0.145 e. The van der Waals surface area contributed by atoms with E-state index in [0.717, 1.165) is 25.0 Å². The molecule has 2 unspecified atom stereocenters. The van der Waals surface area contributed by atoms with Crippen molar-refractivity contribution >= 4 is 0 Å². The van der Waals surface area contributed by atoms with Crippen LogP contribution in [-0.4, -0.2) is 15.0 Å². The molecule has 2 N–H and O–H groups in total. The molecule has 0 aromatic carbocycles. The first kappa shape index (κ1) is 11.3. The number of fused-ring (bicyclic) bond motifs is 1. The second-order valence-electron chi connectivity index (χ2n) is 4.68. The first-order valence-electron chi connectivity index (χ1n) is 6.32. The molecule has 0 aliphatic heterocycles. The van der Waals surface area contributed by atoms with Crippen LogP contribution in [0.15, 0.2) is 36.8 Å². The summed E-state index contributed by atoms with van der Waals surface area (Å²) in [5.74, 6) is 0.943. The molecule has 0 fully saturated rings. The van der Waals surface area contributed by atoms with Crippen molar-refractivity contribution in [2.45, 2.75) is 31.2 Å². The standard InChI is InChI=1S/C14H16N4/c15-12(14-17-8-3-9-18-14)11-6-1-4-10-5-2-7-16-13(10)11/h2-3,5,7-9,11-12H,1,4,6,15H2. The first-order valence-corrected chi connectivity index (χ1v) is 6.32. The molecule has 2 atom stereocenters. The van der Waals surface area contributed by atoms with E-state index in [1.54, 1.807) is 12.4 Å². The van der Waals surface area contributed by atoms with Gasteiger partial charge in [-0.05, 0) is 37.0 Å². The van der Waals surface area contributed by atoms with E-state index >= 15 is 0 Å². The topological polar surface area (TPSA) is 64.7 Å². The molecule has 2 aromatic rings. The Morgan fingerprint density at radius 3 is 2.72 bits per heavy atom. The Balaban J connectivity index is 1.94. The van der Waals surface area contributed by atoms with Gasteiger partial charge in [-0.1, -0.05) is 6.07 Å². The van der Waals surface area contributed by atoms with Crippen molar-refractivity contribution in [1.29, 1.82) is 0 Å². The number of rotatable bonds is 2. The van der Waals surface area contributed by atoms with E-state index in [0.29, 0.717) is 5.82 Å². The summed E-state index contributed by atoms with van der Waals surface area (Å²) < 4.78 is 0. The van der Waals surface area contributed by atoms with Crippen LogP contribution in [0.2, 0.25) is 0 Å². The molecule has 4 nitrogen and oxygen atoms in total. The molecular formula is C14H16N4. The van der Waals surface area contributed by atoms with Gasteiger partial charge in [0.1, 0.15) is 5.82 Å². The minimum atomic E-state index is -0.167. The number of nitrogens with two attached hydrogens (primary N) is 1. The van der Waals surface area contributed by atoms with Crippen LogP contribution < -0.4 is 5.73 Å². The van der Waals surface area contributed by atoms with Gasteiger partial charge in [0, 0.05) is 30.2 Å². The van der Waals surface area contributed by atoms with Crippen LogP contribution in [0.4, 0.5) is 0 Å². The fraction of sp³-hybridized carbons (Fsp3) is 0.357. The summed E-state index contributed by atoms with van der Waals surface area (Å²) in [5, 5.41) is 0. The predicted octanol–water partition coefficient (Wildman–Crippen LogP) is 1.99. The number of hydrogen-bond donors (Lipinski definition) is 1. The van der Waals surface area contributed by atoms with E-state index in [4.69, 9.17) is 5.73 Å². The lowest BCUT2D eigenvalue weighted by Crippen LogP contribution is -2.26. The first-order chi connectivity index (χ1) is 8.86. The molecule has 0 bridgehead atoms.